The molecule has 1 heterocycles. The molecule has 0 saturated carbocycles. The van der Waals surface area contributed by atoms with Crippen molar-refractivity contribution in [1.82, 2.24) is 0 Å². The molecule has 1 aromatic carbocycles. The lowest BCUT2D eigenvalue weighted by Crippen LogP contribution is -2.18. The van der Waals surface area contributed by atoms with Crippen LogP contribution < -0.4 is 4.74 Å². The third-order valence-electron chi connectivity index (χ3n) is 2.69. The van der Waals surface area contributed by atoms with E-state index in [0.717, 1.165) is 11.3 Å². The van der Waals surface area contributed by atoms with Crippen LogP contribution in [0.3, 0.4) is 0 Å². The minimum Gasteiger partial charge on any atom is -0.497 e. The average molecular weight is 262 g/mol. The van der Waals surface area contributed by atoms with E-state index in [2.05, 4.69) is 0 Å². The van der Waals surface area contributed by atoms with Gasteiger partial charge in [0.15, 0.2) is 0 Å². The Hall–Kier alpha value is -2.30. The molecule has 0 aliphatic carbocycles. The van der Waals surface area contributed by atoms with Gasteiger partial charge < -0.3 is 14.2 Å². The first-order valence-electron chi connectivity index (χ1n) is 5.82. The molecule has 5 heteroatoms. The van der Waals surface area contributed by atoms with Gasteiger partial charge >= 0.3 is 11.9 Å². The Morgan fingerprint density at radius 1 is 1.32 bits per heavy atom. The van der Waals surface area contributed by atoms with Crippen molar-refractivity contribution in [3.8, 4) is 5.75 Å². The number of hydrogen-bond donors (Lipinski definition) is 0. The van der Waals surface area contributed by atoms with Gasteiger partial charge in [0.1, 0.15) is 17.6 Å². The molecule has 0 radical (unpaired) electrons. The number of carbonyl (C=O) groups is 2. The third kappa shape index (κ3) is 3.34. The quantitative estimate of drug-likeness (QED) is 0.781. The Morgan fingerprint density at radius 3 is 2.58 bits per heavy atom. The van der Waals surface area contributed by atoms with Crippen molar-refractivity contribution in [2.24, 2.45) is 0 Å². The standard InChI is InChI=1S/C14H14O5/c1-9(15)18-12-7-13(19-14(16)8-12)10-3-5-11(17-2)6-4-10/h3-6,8,13H,7H2,1-2H3. The van der Waals surface area contributed by atoms with E-state index in [9.17, 15) is 9.59 Å². The zero-order valence-corrected chi connectivity index (χ0v) is 10.7. The van der Waals surface area contributed by atoms with Gasteiger partial charge in [-0.1, -0.05) is 12.1 Å². The molecule has 2 rings (SSSR count). The highest BCUT2D eigenvalue weighted by Gasteiger charge is 2.25. The maximum absolute atomic E-state index is 11.4. The van der Waals surface area contributed by atoms with Crippen molar-refractivity contribution in [2.75, 3.05) is 7.11 Å². The number of cyclic esters (lactones) is 1. The smallest absolute Gasteiger partial charge is 0.334 e. The van der Waals surface area contributed by atoms with Crippen LogP contribution in [0.1, 0.15) is 25.0 Å². The summed E-state index contributed by atoms with van der Waals surface area (Å²) in [5, 5.41) is 0. The van der Waals surface area contributed by atoms with E-state index in [-0.39, 0.29) is 0 Å². The number of methoxy groups -OCH3 is 1. The lowest BCUT2D eigenvalue weighted by molar-refractivity contribution is -0.147. The number of benzene rings is 1. The van der Waals surface area contributed by atoms with Crippen molar-refractivity contribution < 1.29 is 23.8 Å². The van der Waals surface area contributed by atoms with Crippen molar-refractivity contribution in [3.05, 3.63) is 41.7 Å². The molecule has 1 aliphatic heterocycles. The van der Waals surface area contributed by atoms with Crippen LogP contribution in [0.2, 0.25) is 0 Å². The summed E-state index contributed by atoms with van der Waals surface area (Å²) in [4.78, 5) is 22.4. The van der Waals surface area contributed by atoms with Crippen LogP contribution >= 0.6 is 0 Å². The number of hydrogen-bond acceptors (Lipinski definition) is 5. The fraction of sp³-hybridized carbons (Fsp3) is 0.286. The molecule has 0 aromatic heterocycles. The molecule has 0 spiro atoms. The van der Waals surface area contributed by atoms with E-state index < -0.39 is 18.0 Å². The van der Waals surface area contributed by atoms with Crippen LogP contribution in [-0.4, -0.2) is 19.0 Å². The summed E-state index contributed by atoms with van der Waals surface area (Å²) in [5.74, 6) is 0.0870. The van der Waals surface area contributed by atoms with Gasteiger partial charge in [-0.25, -0.2) is 4.79 Å². The second-order valence-electron chi connectivity index (χ2n) is 4.11. The summed E-state index contributed by atoms with van der Waals surface area (Å²) >= 11 is 0. The largest absolute Gasteiger partial charge is 0.497 e. The van der Waals surface area contributed by atoms with E-state index in [1.807, 2.05) is 12.1 Å². The van der Waals surface area contributed by atoms with Crippen molar-refractivity contribution in [1.29, 1.82) is 0 Å². The zero-order valence-electron chi connectivity index (χ0n) is 10.7. The SMILES string of the molecule is COc1ccc(C2CC(OC(C)=O)=CC(=O)O2)cc1. The third-order valence-corrected chi connectivity index (χ3v) is 2.69. The zero-order chi connectivity index (χ0) is 13.8. The topological polar surface area (TPSA) is 61.8 Å². The monoisotopic (exact) mass is 262 g/mol. The van der Waals surface area contributed by atoms with Gasteiger partial charge in [-0.05, 0) is 17.7 Å². The van der Waals surface area contributed by atoms with Crippen molar-refractivity contribution in [3.63, 3.8) is 0 Å². The molecule has 0 fully saturated rings. The maximum Gasteiger partial charge on any atom is 0.334 e. The first kappa shape index (κ1) is 13.1. The molecular formula is C14H14O5. The highest BCUT2D eigenvalue weighted by molar-refractivity contribution is 5.84. The summed E-state index contributed by atoms with van der Waals surface area (Å²) in [7, 11) is 1.58. The molecule has 100 valence electrons. The summed E-state index contributed by atoms with van der Waals surface area (Å²) in [5.41, 5.74) is 0.826. The van der Waals surface area contributed by atoms with Gasteiger partial charge in [0.05, 0.1) is 13.2 Å². The average Bonchev–Trinajstić information content (AvgIpc) is 2.37. The summed E-state index contributed by atoms with van der Waals surface area (Å²) < 4.78 is 15.2. The van der Waals surface area contributed by atoms with Gasteiger partial charge in [-0.15, -0.1) is 0 Å². The fourth-order valence-corrected chi connectivity index (χ4v) is 1.85. The molecule has 0 N–H and O–H groups in total. The van der Waals surface area contributed by atoms with Crippen LogP contribution in [0.5, 0.6) is 5.75 Å². The van der Waals surface area contributed by atoms with Crippen LogP contribution in [0.25, 0.3) is 0 Å². The molecule has 1 aliphatic rings. The number of carbonyl (C=O) groups excluding carboxylic acids is 2. The molecule has 1 atom stereocenters. The number of ether oxygens (including phenoxy) is 3. The highest BCUT2D eigenvalue weighted by atomic mass is 16.6. The molecule has 0 bridgehead atoms. The van der Waals surface area contributed by atoms with E-state index in [4.69, 9.17) is 14.2 Å². The molecule has 0 amide bonds. The molecule has 0 saturated heterocycles. The Labute approximate surface area is 110 Å². The minimum atomic E-state index is -0.511. The predicted molar refractivity (Wildman–Crippen MR) is 66.3 cm³/mol. The highest BCUT2D eigenvalue weighted by Crippen LogP contribution is 2.30. The predicted octanol–water partition coefficient (Wildman–Crippen LogP) is 2.13. The molecule has 5 nitrogen and oxygen atoms in total. The van der Waals surface area contributed by atoms with Crippen LogP contribution in [0.15, 0.2) is 36.1 Å². The van der Waals surface area contributed by atoms with Gasteiger partial charge in [0.25, 0.3) is 0 Å². The van der Waals surface area contributed by atoms with Crippen LogP contribution in [0, 0.1) is 0 Å². The molecular weight excluding hydrogens is 248 g/mol. The van der Waals surface area contributed by atoms with Crippen LogP contribution in [-0.2, 0) is 19.1 Å². The van der Waals surface area contributed by atoms with Gasteiger partial charge in [-0.3, -0.25) is 4.79 Å². The van der Waals surface area contributed by atoms with Gasteiger partial charge in [0.2, 0.25) is 0 Å². The Balaban J connectivity index is 2.14. The van der Waals surface area contributed by atoms with Crippen molar-refractivity contribution in [2.45, 2.75) is 19.4 Å². The molecule has 1 aromatic rings. The van der Waals surface area contributed by atoms with Gasteiger partial charge in [0, 0.05) is 13.3 Å². The normalized spacial score (nSPS) is 18.3. The van der Waals surface area contributed by atoms with Crippen LogP contribution in [0.4, 0.5) is 0 Å². The maximum atomic E-state index is 11.4. The Bertz CT molecular complexity index is 515. The molecule has 19 heavy (non-hydrogen) atoms. The lowest BCUT2D eigenvalue weighted by atomic mass is 10.0. The second-order valence-corrected chi connectivity index (χ2v) is 4.11. The first-order chi connectivity index (χ1) is 9.08. The van der Waals surface area contributed by atoms with Crippen molar-refractivity contribution >= 4 is 11.9 Å². The summed E-state index contributed by atoms with van der Waals surface area (Å²) in [6.07, 6.45) is 1.09. The van der Waals surface area contributed by atoms with E-state index >= 15 is 0 Å². The Kier molecular flexibility index (Phi) is 3.85. The lowest BCUT2D eigenvalue weighted by Gasteiger charge is -2.22. The second kappa shape index (κ2) is 5.56. The summed E-state index contributed by atoms with van der Waals surface area (Å²) in [6, 6.07) is 7.20. The summed E-state index contributed by atoms with van der Waals surface area (Å²) in [6.45, 7) is 1.29. The van der Waals surface area contributed by atoms with E-state index in [1.165, 1.54) is 13.0 Å². The van der Waals surface area contributed by atoms with E-state index in [0.29, 0.717) is 12.2 Å². The Morgan fingerprint density at radius 2 is 2.00 bits per heavy atom. The fourth-order valence-electron chi connectivity index (χ4n) is 1.85. The van der Waals surface area contributed by atoms with E-state index in [1.54, 1.807) is 19.2 Å². The molecule has 1 unspecified atom stereocenters. The number of esters is 2. The minimum absolute atomic E-state index is 0.324. The first-order valence-corrected chi connectivity index (χ1v) is 5.82. The van der Waals surface area contributed by atoms with Gasteiger partial charge in [-0.2, -0.15) is 0 Å². The number of rotatable bonds is 3.